The van der Waals surface area contributed by atoms with Crippen LogP contribution in [0.1, 0.15) is 64.7 Å². The number of nitrogens with zero attached hydrogens (tertiary/aromatic N) is 4. The van der Waals surface area contributed by atoms with Crippen molar-refractivity contribution < 1.29 is 18.0 Å². The Morgan fingerprint density at radius 3 is 2.63 bits per heavy atom. The highest BCUT2D eigenvalue weighted by Gasteiger charge is 2.36. The van der Waals surface area contributed by atoms with E-state index in [1.165, 1.54) is 12.8 Å². The van der Waals surface area contributed by atoms with Gasteiger partial charge in [0.1, 0.15) is 5.69 Å². The van der Waals surface area contributed by atoms with Crippen LogP contribution >= 0.6 is 0 Å². The number of alkyl halides is 3. The fourth-order valence-corrected chi connectivity index (χ4v) is 4.61. The number of hydrogen-bond acceptors (Lipinski definition) is 4. The Bertz CT molecular complexity index is 1440. The van der Waals surface area contributed by atoms with Crippen molar-refractivity contribution in [3.05, 3.63) is 95.3 Å². The van der Waals surface area contributed by atoms with Gasteiger partial charge in [0.2, 0.25) is 0 Å². The number of nitrogens with one attached hydrogen (secondary N) is 1. The molecule has 2 aromatic carbocycles. The van der Waals surface area contributed by atoms with Gasteiger partial charge in [-0.25, -0.2) is 9.67 Å². The number of amides is 1. The van der Waals surface area contributed by atoms with Crippen LogP contribution in [0.4, 0.5) is 18.9 Å². The molecule has 1 unspecified atom stereocenters. The average molecular weight is 523 g/mol. The summed E-state index contributed by atoms with van der Waals surface area (Å²) in [5.74, 6) is 0.0576. The van der Waals surface area contributed by atoms with E-state index in [0.29, 0.717) is 16.9 Å². The molecule has 1 saturated carbocycles. The van der Waals surface area contributed by atoms with Crippen LogP contribution in [-0.4, -0.2) is 25.2 Å². The number of rotatable bonds is 9. The predicted octanol–water partition coefficient (Wildman–Crippen LogP) is 5.89. The molecule has 2 aromatic heterocycles. The van der Waals surface area contributed by atoms with Crippen LogP contribution < -0.4 is 11.1 Å². The van der Waals surface area contributed by atoms with E-state index in [0.717, 1.165) is 40.8 Å². The third kappa shape index (κ3) is 5.80. The van der Waals surface area contributed by atoms with E-state index in [1.54, 1.807) is 30.3 Å². The minimum Gasteiger partial charge on any atom is -0.330 e. The fraction of sp³-hybridized carbons (Fsp3) is 0.321. The number of nitrogens with two attached hydrogens (primary N) is 1. The van der Waals surface area contributed by atoms with Gasteiger partial charge in [0.15, 0.2) is 5.69 Å². The number of aryl methyl sites for hydroxylation is 1. The summed E-state index contributed by atoms with van der Waals surface area (Å²) in [7, 11) is 0. The topological polar surface area (TPSA) is 90.8 Å². The number of carbonyl (C=O) groups is 1. The molecule has 1 amide bonds. The SMILES string of the molecule is Cc1cn(C(CCC2CC2)c2cccc(NC(=O)c3cc(C(F)(F)F)nn3-c3cccc(CN)c3)c2)cn1. The lowest BCUT2D eigenvalue weighted by Gasteiger charge is -2.20. The number of carbonyl (C=O) groups excluding carboxylic acids is 1. The molecule has 5 rings (SSSR count). The summed E-state index contributed by atoms with van der Waals surface area (Å²) >= 11 is 0. The van der Waals surface area contributed by atoms with Crippen molar-refractivity contribution in [3.63, 3.8) is 0 Å². The molecular formula is C28H29F3N6O. The Morgan fingerprint density at radius 1 is 1.16 bits per heavy atom. The number of hydrogen-bond donors (Lipinski definition) is 2. The van der Waals surface area contributed by atoms with Crippen molar-refractivity contribution in [2.24, 2.45) is 11.7 Å². The van der Waals surface area contributed by atoms with Crippen molar-refractivity contribution in [2.75, 3.05) is 5.32 Å². The summed E-state index contributed by atoms with van der Waals surface area (Å²) in [5, 5.41) is 6.48. The van der Waals surface area contributed by atoms with Gasteiger partial charge >= 0.3 is 6.18 Å². The average Bonchev–Trinajstić information content (AvgIpc) is 3.43. The normalized spacial score (nSPS) is 14.4. The van der Waals surface area contributed by atoms with Crippen LogP contribution in [0.5, 0.6) is 0 Å². The lowest BCUT2D eigenvalue weighted by Crippen LogP contribution is -2.17. The zero-order valence-corrected chi connectivity index (χ0v) is 20.9. The van der Waals surface area contributed by atoms with Crippen LogP contribution in [-0.2, 0) is 12.7 Å². The molecule has 0 aliphatic heterocycles. The highest BCUT2D eigenvalue weighted by molar-refractivity contribution is 6.03. The summed E-state index contributed by atoms with van der Waals surface area (Å²) in [5.41, 5.74) is 7.73. The molecule has 7 nitrogen and oxygen atoms in total. The van der Waals surface area contributed by atoms with Crippen molar-refractivity contribution in [1.82, 2.24) is 19.3 Å². The molecule has 2 heterocycles. The monoisotopic (exact) mass is 522 g/mol. The maximum absolute atomic E-state index is 13.5. The second-order valence-corrected chi connectivity index (χ2v) is 9.78. The van der Waals surface area contributed by atoms with Gasteiger partial charge < -0.3 is 15.6 Å². The quantitative estimate of drug-likeness (QED) is 0.287. The first-order valence-electron chi connectivity index (χ1n) is 12.6. The zero-order chi connectivity index (χ0) is 26.9. The second kappa shape index (κ2) is 10.4. The first-order valence-corrected chi connectivity index (χ1v) is 12.6. The smallest absolute Gasteiger partial charge is 0.330 e. The van der Waals surface area contributed by atoms with E-state index in [4.69, 9.17) is 5.73 Å². The third-order valence-corrected chi connectivity index (χ3v) is 6.79. The number of benzene rings is 2. The largest absolute Gasteiger partial charge is 0.435 e. The number of anilines is 1. The van der Waals surface area contributed by atoms with Crippen LogP contribution in [0, 0.1) is 12.8 Å². The Morgan fingerprint density at radius 2 is 1.95 bits per heavy atom. The minimum atomic E-state index is -4.70. The maximum atomic E-state index is 13.5. The van der Waals surface area contributed by atoms with Gasteiger partial charge in [-0.1, -0.05) is 37.1 Å². The molecule has 4 aromatic rings. The van der Waals surface area contributed by atoms with E-state index in [2.05, 4.69) is 20.0 Å². The van der Waals surface area contributed by atoms with Crippen molar-refractivity contribution in [3.8, 4) is 5.69 Å². The Kier molecular flexibility index (Phi) is 7.07. The number of aromatic nitrogens is 4. The van der Waals surface area contributed by atoms with Gasteiger partial charge in [-0.2, -0.15) is 18.3 Å². The van der Waals surface area contributed by atoms with Gasteiger partial charge in [-0.05, 0) is 61.1 Å². The van der Waals surface area contributed by atoms with Gasteiger partial charge in [0, 0.05) is 24.5 Å². The molecule has 38 heavy (non-hydrogen) atoms. The molecule has 198 valence electrons. The highest BCUT2D eigenvalue weighted by Crippen LogP contribution is 2.37. The lowest BCUT2D eigenvalue weighted by molar-refractivity contribution is -0.141. The van der Waals surface area contributed by atoms with Crippen LogP contribution in [0.2, 0.25) is 0 Å². The number of halogens is 3. The molecule has 0 saturated heterocycles. The Labute approximate surface area is 218 Å². The Hall–Kier alpha value is -3.92. The van der Waals surface area contributed by atoms with Crippen molar-refractivity contribution in [2.45, 2.75) is 51.4 Å². The molecule has 0 bridgehead atoms. The molecule has 10 heteroatoms. The van der Waals surface area contributed by atoms with Crippen molar-refractivity contribution >= 4 is 11.6 Å². The molecule has 1 aliphatic rings. The lowest BCUT2D eigenvalue weighted by atomic mass is 9.99. The molecule has 1 aliphatic carbocycles. The molecule has 1 atom stereocenters. The predicted molar refractivity (Wildman–Crippen MR) is 138 cm³/mol. The molecule has 0 spiro atoms. The highest BCUT2D eigenvalue weighted by atomic mass is 19.4. The van der Waals surface area contributed by atoms with Gasteiger partial charge in [0.05, 0.1) is 23.8 Å². The van der Waals surface area contributed by atoms with Crippen molar-refractivity contribution in [1.29, 1.82) is 0 Å². The first-order chi connectivity index (χ1) is 18.2. The Balaban J connectivity index is 1.44. The molecule has 1 fully saturated rings. The van der Waals surface area contributed by atoms with E-state index in [-0.39, 0.29) is 18.3 Å². The summed E-state index contributed by atoms with van der Waals surface area (Å²) in [4.78, 5) is 17.7. The summed E-state index contributed by atoms with van der Waals surface area (Å²) in [6.07, 6.45) is 3.64. The molecule has 0 radical (unpaired) electrons. The van der Waals surface area contributed by atoms with E-state index in [9.17, 15) is 18.0 Å². The van der Waals surface area contributed by atoms with Crippen LogP contribution in [0.15, 0.2) is 67.1 Å². The van der Waals surface area contributed by atoms with Gasteiger partial charge in [0.25, 0.3) is 5.91 Å². The second-order valence-electron chi connectivity index (χ2n) is 9.78. The summed E-state index contributed by atoms with van der Waals surface area (Å²) < 4.78 is 43.7. The maximum Gasteiger partial charge on any atom is 0.435 e. The fourth-order valence-electron chi connectivity index (χ4n) is 4.61. The van der Waals surface area contributed by atoms with Crippen LogP contribution in [0.3, 0.4) is 0 Å². The minimum absolute atomic E-state index is 0.0371. The zero-order valence-electron chi connectivity index (χ0n) is 20.9. The van der Waals surface area contributed by atoms with Crippen LogP contribution in [0.25, 0.3) is 5.69 Å². The van der Waals surface area contributed by atoms with Gasteiger partial charge in [-0.15, -0.1) is 0 Å². The summed E-state index contributed by atoms with van der Waals surface area (Å²) in [6, 6.07) is 14.8. The summed E-state index contributed by atoms with van der Waals surface area (Å²) in [6.45, 7) is 2.14. The number of imidazole rings is 1. The van der Waals surface area contributed by atoms with E-state index in [1.807, 2.05) is 37.6 Å². The molecule has 3 N–H and O–H groups in total. The van der Waals surface area contributed by atoms with E-state index >= 15 is 0 Å². The molecular weight excluding hydrogens is 493 g/mol. The standard InChI is InChI=1S/C28H29F3N6O/c1-18-16-36(17-33-18)24(11-10-19-8-9-19)21-5-3-6-22(13-21)34-27(38)25-14-26(28(29,30)31)35-37(25)23-7-2-4-20(12-23)15-32/h2-7,12-14,16-17,19,24H,8-11,15,32H2,1H3,(H,34,38). The third-order valence-electron chi connectivity index (χ3n) is 6.79. The van der Waals surface area contributed by atoms with Gasteiger partial charge in [-0.3, -0.25) is 4.79 Å². The van der Waals surface area contributed by atoms with E-state index < -0.39 is 17.8 Å². The first kappa shape index (κ1) is 25.7.